The number of hydrogen-bond acceptors (Lipinski definition) is 4. The van der Waals surface area contributed by atoms with Crippen LogP contribution in [0.1, 0.15) is 25.7 Å². The summed E-state index contributed by atoms with van der Waals surface area (Å²) in [5.74, 6) is 0.963. The van der Waals surface area contributed by atoms with Crippen LogP contribution in [0.5, 0.6) is 0 Å². The summed E-state index contributed by atoms with van der Waals surface area (Å²) in [4.78, 5) is 4.37. The van der Waals surface area contributed by atoms with Crippen LogP contribution < -0.4 is 4.90 Å². The fourth-order valence-electron chi connectivity index (χ4n) is 2.56. The highest BCUT2D eigenvalue weighted by Gasteiger charge is 2.17. The van der Waals surface area contributed by atoms with Gasteiger partial charge in [0.05, 0.1) is 19.4 Å². The van der Waals surface area contributed by atoms with Crippen LogP contribution in [-0.2, 0) is 4.74 Å². The number of aromatic amines is 1. The van der Waals surface area contributed by atoms with Crippen molar-refractivity contribution in [3.8, 4) is 0 Å². The monoisotopic (exact) mass is 248 g/mol. The molecule has 2 aliphatic rings. The first-order valence-electron chi connectivity index (χ1n) is 6.72. The average molecular weight is 248 g/mol. The van der Waals surface area contributed by atoms with Gasteiger partial charge in [-0.3, -0.25) is 5.10 Å². The second-order valence-corrected chi connectivity index (χ2v) is 4.93. The van der Waals surface area contributed by atoms with Gasteiger partial charge >= 0.3 is 0 Å². The van der Waals surface area contributed by atoms with Gasteiger partial charge in [0.2, 0.25) is 0 Å². The third kappa shape index (κ3) is 2.67. The van der Waals surface area contributed by atoms with E-state index >= 15 is 0 Å². The smallest absolute Gasteiger partial charge is 0.155 e. The first-order valence-corrected chi connectivity index (χ1v) is 6.72. The van der Waals surface area contributed by atoms with Crippen molar-refractivity contribution in [3.05, 3.63) is 24.7 Å². The Kier molecular flexibility index (Phi) is 3.50. The Bertz CT molecular complexity index is 384. The lowest BCUT2D eigenvalue weighted by Gasteiger charge is -2.20. The summed E-state index contributed by atoms with van der Waals surface area (Å²) in [6.07, 6.45) is 11.7. The van der Waals surface area contributed by atoms with Gasteiger partial charge in [-0.15, -0.1) is 0 Å². The molecule has 1 fully saturated rings. The van der Waals surface area contributed by atoms with Crippen molar-refractivity contribution in [1.82, 2.24) is 15.1 Å². The zero-order valence-electron chi connectivity index (χ0n) is 10.6. The molecule has 0 atom stereocenters. The van der Waals surface area contributed by atoms with Gasteiger partial charge in [-0.2, -0.15) is 5.10 Å². The molecule has 1 aliphatic carbocycles. The second kappa shape index (κ2) is 5.44. The van der Waals surface area contributed by atoms with Crippen molar-refractivity contribution in [3.63, 3.8) is 0 Å². The van der Waals surface area contributed by atoms with Gasteiger partial charge in [0, 0.05) is 31.2 Å². The highest BCUT2D eigenvalue weighted by molar-refractivity contribution is 5.41. The van der Waals surface area contributed by atoms with Crippen LogP contribution in [0.4, 0.5) is 5.82 Å². The molecule has 5 heteroatoms. The minimum Gasteiger partial charge on any atom is -0.376 e. The van der Waals surface area contributed by atoms with Crippen LogP contribution in [0.15, 0.2) is 24.7 Å². The molecule has 5 nitrogen and oxygen atoms in total. The number of nitrogens with zero attached hydrogens (tertiary/aromatic N) is 3. The number of rotatable bonds is 5. The molecule has 0 spiro atoms. The Balaban J connectivity index is 1.39. The van der Waals surface area contributed by atoms with Gasteiger partial charge in [-0.05, 0) is 12.8 Å². The van der Waals surface area contributed by atoms with E-state index in [9.17, 15) is 0 Å². The minimum absolute atomic E-state index is 0.513. The molecule has 18 heavy (non-hydrogen) atoms. The van der Waals surface area contributed by atoms with E-state index in [-0.39, 0.29) is 0 Å². The summed E-state index contributed by atoms with van der Waals surface area (Å²) in [6.45, 7) is 2.64. The Morgan fingerprint density at radius 2 is 2.22 bits per heavy atom. The fourth-order valence-corrected chi connectivity index (χ4v) is 2.56. The van der Waals surface area contributed by atoms with Gasteiger partial charge in [-0.25, -0.2) is 0 Å². The van der Waals surface area contributed by atoms with Crippen molar-refractivity contribution < 1.29 is 4.74 Å². The fraction of sp³-hybridized carbons (Fsp3) is 0.615. The summed E-state index contributed by atoms with van der Waals surface area (Å²) in [5, 5.41) is 7.00. The molecule has 1 aromatic heterocycles. The number of hydrogen-bond donors (Lipinski definition) is 1. The third-order valence-electron chi connectivity index (χ3n) is 3.61. The van der Waals surface area contributed by atoms with E-state index in [2.05, 4.69) is 32.4 Å². The van der Waals surface area contributed by atoms with Gasteiger partial charge in [0.15, 0.2) is 5.82 Å². The Morgan fingerprint density at radius 1 is 1.33 bits per heavy atom. The van der Waals surface area contributed by atoms with E-state index in [0.717, 1.165) is 25.6 Å². The topological polar surface area (TPSA) is 44.4 Å². The summed E-state index contributed by atoms with van der Waals surface area (Å²) >= 11 is 0. The molecule has 0 saturated heterocycles. The molecule has 0 amide bonds. The van der Waals surface area contributed by atoms with Crippen LogP contribution >= 0.6 is 0 Å². The molecule has 0 radical (unpaired) electrons. The number of aromatic nitrogens is 2. The maximum Gasteiger partial charge on any atom is 0.155 e. The molecule has 0 bridgehead atoms. The molecular weight excluding hydrogens is 228 g/mol. The van der Waals surface area contributed by atoms with Crippen molar-refractivity contribution in [1.29, 1.82) is 0 Å². The largest absolute Gasteiger partial charge is 0.376 e. The lowest BCUT2D eigenvalue weighted by Crippen LogP contribution is -2.28. The van der Waals surface area contributed by atoms with E-state index in [1.165, 1.54) is 25.7 Å². The van der Waals surface area contributed by atoms with Gasteiger partial charge in [0.25, 0.3) is 0 Å². The third-order valence-corrected chi connectivity index (χ3v) is 3.61. The van der Waals surface area contributed by atoms with Crippen molar-refractivity contribution in [2.24, 2.45) is 0 Å². The second-order valence-electron chi connectivity index (χ2n) is 4.93. The molecule has 3 rings (SSSR count). The van der Waals surface area contributed by atoms with E-state index in [4.69, 9.17) is 4.74 Å². The maximum absolute atomic E-state index is 5.87. The minimum atomic E-state index is 0.513. The highest BCUT2D eigenvalue weighted by Crippen LogP contribution is 2.21. The van der Waals surface area contributed by atoms with Gasteiger partial charge < -0.3 is 14.5 Å². The summed E-state index contributed by atoms with van der Waals surface area (Å²) in [6, 6.07) is 1.98. The molecular formula is C13H20N4O. The number of anilines is 1. The van der Waals surface area contributed by atoms with Crippen LogP contribution in [0.25, 0.3) is 0 Å². The zero-order valence-corrected chi connectivity index (χ0v) is 10.6. The summed E-state index contributed by atoms with van der Waals surface area (Å²) < 4.78 is 5.87. The molecule has 1 N–H and O–H groups in total. The zero-order chi connectivity index (χ0) is 12.2. The number of ether oxygens (including phenoxy) is 1. The standard InChI is InChI=1S/C13H20N4O/c1-2-4-12(3-1)18-10-9-16-7-8-17(11-16)13-5-6-14-15-13/h5-8,12H,1-4,9-11H2,(H,14,15). The van der Waals surface area contributed by atoms with Crippen LogP contribution in [0.3, 0.4) is 0 Å². The normalized spacial score (nSPS) is 20.2. The van der Waals surface area contributed by atoms with Crippen molar-refractivity contribution in [2.45, 2.75) is 31.8 Å². The maximum atomic E-state index is 5.87. The van der Waals surface area contributed by atoms with Gasteiger partial charge in [-0.1, -0.05) is 12.8 Å². The van der Waals surface area contributed by atoms with Crippen LogP contribution in [0, 0.1) is 0 Å². The van der Waals surface area contributed by atoms with Crippen LogP contribution in [-0.4, -0.2) is 41.0 Å². The van der Waals surface area contributed by atoms with E-state index in [1.807, 2.05) is 12.3 Å². The lowest BCUT2D eigenvalue weighted by molar-refractivity contribution is 0.0496. The Morgan fingerprint density at radius 3 is 3.00 bits per heavy atom. The van der Waals surface area contributed by atoms with E-state index in [1.54, 1.807) is 0 Å². The van der Waals surface area contributed by atoms with Crippen molar-refractivity contribution in [2.75, 3.05) is 24.7 Å². The highest BCUT2D eigenvalue weighted by atomic mass is 16.5. The summed E-state index contributed by atoms with van der Waals surface area (Å²) in [7, 11) is 0. The van der Waals surface area contributed by atoms with Crippen molar-refractivity contribution >= 4 is 5.82 Å². The molecule has 1 aliphatic heterocycles. The number of nitrogens with one attached hydrogen (secondary N) is 1. The molecule has 1 aromatic rings. The predicted molar refractivity (Wildman–Crippen MR) is 70.0 cm³/mol. The lowest BCUT2D eigenvalue weighted by atomic mass is 10.3. The quantitative estimate of drug-likeness (QED) is 0.864. The first-order chi connectivity index (χ1) is 8.92. The Labute approximate surface area is 107 Å². The molecule has 98 valence electrons. The predicted octanol–water partition coefficient (Wildman–Crippen LogP) is 1.92. The number of H-pyrrole nitrogens is 1. The first kappa shape index (κ1) is 11.6. The van der Waals surface area contributed by atoms with E-state index in [0.29, 0.717) is 6.10 Å². The summed E-state index contributed by atoms with van der Waals surface area (Å²) in [5.41, 5.74) is 0. The molecule has 2 heterocycles. The van der Waals surface area contributed by atoms with E-state index < -0.39 is 0 Å². The molecule has 0 aromatic carbocycles. The SMILES string of the molecule is C1=CN(c2cc[nH]n2)CN1CCOC1CCCC1. The van der Waals surface area contributed by atoms with Gasteiger partial charge in [0.1, 0.15) is 0 Å². The average Bonchev–Trinajstić information content (AvgIpc) is 3.12. The Hall–Kier alpha value is -1.49. The van der Waals surface area contributed by atoms with Crippen LogP contribution in [0.2, 0.25) is 0 Å². The molecule has 1 saturated carbocycles. The molecule has 0 unspecified atom stereocenters.